The van der Waals surface area contributed by atoms with Gasteiger partial charge in [-0.05, 0) is 139 Å². The number of carboxylic acids is 2. The minimum atomic E-state index is -2.41. The Kier molecular flexibility index (Phi) is 28.8. The van der Waals surface area contributed by atoms with Crippen molar-refractivity contribution in [2.75, 3.05) is 20.7 Å². The number of rotatable bonds is 19. The van der Waals surface area contributed by atoms with Crippen LogP contribution in [0.25, 0.3) is 11.1 Å². The topological polar surface area (TPSA) is 533 Å². The van der Waals surface area contributed by atoms with Crippen molar-refractivity contribution in [2.24, 2.45) is 11.8 Å². The van der Waals surface area contributed by atoms with Crippen LogP contribution in [-0.2, 0) is 59.0 Å². The number of Topliss-reactive ketones (excluding diaryl/α,β-unsaturated/α-hetero) is 3. The number of hydrogen-bond donors (Lipinski definition) is 17. The highest BCUT2D eigenvalue weighted by Crippen LogP contribution is 2.52. The van der Waals surface area contributed by atoms with Gasteiger partial charge in [0.25, 0.3) is 0 Å². The molecule has 17 N–H and O–H groups in total. The summed E-state index contributed by atoms with van der Waals surface area (Å²) in [6.07, 6.45) is -18.2. The van der Waals surface area contributed by atoms with Crippen molar-refractivity contribution in [1.82, 2.24) is 26.2 Å². The number of ketones is 3. The first kappa shape index (κ1) is 91.9. The molecular formula is C88H97Cl2N5O29. The van der Waals surface area contributed by atoms with Gasteiger partial charge in [-0.15, -0.1) is 0 Å². The molecule has 0 radical (unpaired) electrons. The summed E-state index contributed by atoms with van der Waals surface area (Å²) in [6.45, 7) is 3.30. The first-order valence-electron chi connectivity index (χ1n) is 39.9. The number of aliphatic carboxylic acids is 2. The van der Waals surface area contributed by atoms with E-state index in [1.165, 1.54) is 53.4 Å². The Morgan fingerprint density at radius 2 is 1.20 bits per heavy atom. The van der Waals surface area contributed by atoms with Crippen LogP contribution in [0.4, 0.5) is 0 Å². The number of halogens is 2. The van der Waals surface area contributed by atoms with Gasteiger partial charge in [-0.25, -0.2) is 9.59 Å². The van der Waals surface area contributed by atoms with Crippen molar-refractivity contribution in [3.8, 4) is 80.1 Å². The molecular weight excluding hydrogens is 1660 g/mol. The van der Waals surface area contributed by atoms with E-state index in [0.29, 0.717) is 24.3 Å². The van der Waals surface area contributed by atoms with Crippen LogP contribution < -0.4 is 45.0 Å². The quantitative estimate of drug-likeness (QED) is 0.0341. The maximum absolute atomic E-state index is 16.8. The number of ether oxygens (including phenoxy) is 7. The molecule has 0 unspecified atom stereocenters. The number of nitrogens with zero attached hydrogens (tertiary/aromatic N) is 1. The molecule has 4 amide bonds. The molecule has 8 aliphatic rings. The van der Waals surface area contributed by atoms with Gasteiger partial charge in [0.15, 0.2) is 46.7 Å². The van der Waals surface area contributed by atoms with Crippen molar-refractivity contribution in [1.29, 1.82) is 0 Å². The van der Waals surface area contributed by atoms with E-state index in [-0.39, 0.29) is 59.8 Å². The van der Waals surface area contributed by atoms with Crippen molar-refractivity contribution in [2.45, 2.75) is 202 Å². The number of hydrogen-bond acceptors (Lipinski definition) is 28. The maximum atomic E-state index is 16.8. The largest absolute Gasteiger partial charge is 0.508 e. The molecule has 0 aromatic heterocycles. The lowest BCUT2D eigenvalue weighted by Gasteiger charge is -2.41. The molecule has 8 aliphatic heterocycles. The molecule has 36 heteroatoms. The number of carboxylic acid groups (broad SMARTS) is 2. The average molecular weight is 1760 g/mol. The number of benzene rings is 7. The summed E-state index contributed by atoms with van der Waals surface area (Å²) in [6, 6.07) is 12.4. The molecule has 7 aromatic rings. The summed E-state index contributed by atoms with van der Waals surface area (Å²) >= 11 is 14.3. The van der Waals surface area contributed by atoms with E-state index in [0.717, 1.165) is 98.8 Å². The Morgan fingerprint density at radius 3 is 1.89 bits per heavy atom. The number of likely N-dealkylation sites (N-methyl/N-ethyl adjacent to an activating group) is 1. The van der Waals surface area contributed by atoms with Crippen LogP contribution in [0.2, 0.25) is 10.0 Å². The summed E-state index contributed by atoms with van der Waals surface area (Å²) in [5, 5.41) is 158. The van der Waals surface area contributed by atoms with E-state index < -0.39 is 272 Å². The molecule has 662 valence electrons. The Morgan fingerprint density at radius 1 is 0.548 bits per heavy atom. The second kappa shape index (κ2) is 38.9. The first-order chi connectivity index (χ1) is 58.5. The van der Waals surface area contributed by atoms with Crippen LogP contribution >= 0.6 is 23.2 Å². The van der Waals surface area contributed by atoms with E-state index in [1.807, 2.05) is 0 Å². The van der Waals surface area contributed by atoms with Crippen molar-refractivity contribution < 1.29 is 143 Å². The number of unbranched alkanes of at least 4 members (excludes halogenated alkanes) is 5. The van der Waals surface area contributed by atoms with Crippen LogP contribution in [0.1, 0.15) is 167 Å². The minimum Gasteiger partial charge on any atom is -0.508 e. The lowest BCUT2D eigenvalue weighted by molar-refractivity contribution is -0.277. The Bertz CT molecular complexity index is 5220. The Balaban J connectivity index is 0.0000140. The second-order valence-corrected chi connectivity index (χ2v) is 32.9. The van der Waals surface area contributed by atoms with Crippen LogP contribution in [0, 0.1) is 11.8 Å². The van der Waals surface area contributed by atoms with Gasteiger partial charge < -0.3 is 121 Å². The lowest BCUT2D eigenvalue weighted by atomic mass is 9.84. The number of carbonyl (C=O) groups excluding carboxylic acids is 7. The van der Waals surface area contributed by atoms with Gasteiger partial charge >= 0.3 is 11.9 Å². The summed E-state index contributed by atoms with van der Waals surface area (Å²) in [5.74, 6) is -22.8. The molecule has 0 aliphatic carbocycles. The van der Waals surface area contributed by atoms with E-state index in [4.69, 9.17) is 56.4 Å². The van der Waals surface area contributed by atoms with Gasteiger partial charge in [0.2, 0.25) is 42.0 Å². The number of nitrogens with one attached hydrogen (secondary N) is 4. The van der Waals surface area contributed by atoms with Crippen molar-refractivity contribution in [3.63, 3.8) is 0 Å². The smallest absolute Gasteiger partial charge is 0.335 e. The van der Waals surface area contributed by atoms with Crippen molar-refractivity contribution >= 4 is 76.1 Å². The standard InChI is InChI=1S/C87H93Cl2N5O29.CH4/c1-37(2)11-9-7-5-6-8-10-12-43(96)29-52-73(104)76(107)79(85(115)116)123-86(52)122-78-63-27-42-28-64(78)119-60-22-17-41(25-53(60)88)72(103)70-82(111)92-69(84(113)114)51-30-44(97)31-62(120-87-77(108)75(106)74(105)65(36-95)121-87)66(51)50-24-39(15-20-55(50)98)47(80(109)93-70)34-59(102)68(42)91-81(110)49-35-57(100)54(23-38-13-18-45(117-63)19-14-38)90-83(112)71(94(3)4)40-16-21-56(99)61(26-40)118-46-32-48(49)67(89)58(101)33-46;/h13-22,24-28,30-33,37,47,49,52,54,65,68-77,79,86-87,95,97-99,101,103-108H,5-12,23,29,34-36H2,1-4H3,(H,90,112)(H,91,110)(H,92,111)(H,93,109)(H,113,114)(H,115,116);1H4/t47-,49+,52-,54-,65-,68-,69+,70+,71-,72-,73-,74-,75+,76+,77+,79+,86-,87+;/m1./s1. The fourth-order valence-electron chi connectivity index (χ4n) is 16.2. The number of aromatic hydroxyl groups is 4. The molecule has 124 heavy (non-hydrogen) atoms. The van der Waals surface area contributed by atoms with Gasteiger partial charge in [0, 0.05) is 54.5 Å². The molecule has 8 heterocycles. The zero-order chi connectivity index (χ0) is 88.4. The van der Waals surface area contributed by atoms with Gasteiger partial charge in [0.05, 0.1) is 46.6 Å². The highest BCUT2D eigenvalue weighted by atomic mass is 35.5. The third-order valence-corrected chi connectivity index (χ3v) is 23.5. The van der Waals surface area contributed by atoms with Crippen LogP contribution in [0.5, 0.6) is 69.0 Å². The van der Waals surface area contributed by atoms with E-state index >= 15 is 28.8 Å². The Hall–Kier alpha value is -11.2. The molecule has 15 rings (SSSR count). The monoisotopic (exact) mass is 1760 g/mol. The van der Waals surface area contributed by atoms with Crippen LogP contribution in [0.3, 0.4) is 0 Å². The molecule has 2 saturated heterocycles. The highest BCUT2D eigenvalue weighted by Gasteiger charge is 2.51. The fourth-order valence-corrected chi connectivity index (χ4v) is 16.7. The number of aliphatic hydroxyl groups excluding tert-OH is 7. The van der Waals surface area contributed by atoms with Crippen molar-refractivity contribution in [3.05, 3.63) is 164 Å². The number of phenols is 4. The normalized spacial score (nSPS) is 26.4. The number of amides is 4. The summed E-state index contributed by atoms with van der Waals surface area (Å²) in [4.78, 5) is 138. The number of aliphatic hydroxyl groups is 7. The average Bonchev–Trinajstić information content (AvgIpc) is 0.760. The van der Waals surface area contributed by atoms with Gasteiger partial charge in [0.1, 0.15) is 101 Å². The first-order valence-corrected chi connectivity index (χ1v) is 40.7. The molecule has 17 bridgehead atoms. The zero-order valence-corrected chi connectivity index (χ0v) is 68.2. The van der Waals surface area contributed by atoms with E-state index in [9.17, 15) is 80.8 Å². The van der Waals surface area contributed by atoms with Crippen LogP contribution in [-0.4, -0.2) is 212 Å². The molecule has 0 spiro atoms. The SMILES string of the molecule is C.CC(C)CCCCCCCCC(=O)C[C@H]1[C@H](Oc2c3cc4cc2Oc2ccc(cc2Cl)[C@@H](O)[C@@H]2NC(=O)[C@H](CC(=O)[C@@H]4NC(=O)[C@H]4CC(=O)[C@@H](Cc5ccc(cc5)O3)NC(=O)[C@H](N(C)C)c3ccc(O)c(c3)Oc3cc(O)c(Cl)c4c3)c3ccc(O)c(c3)-c3c(O[C@H]4O[C@H](CO)[C@@H](O)[C@H](O)[C@@H]4O)cc(O)cc3[C@@H](C(=O)O)NC2=O)O[C@H](C(=O)O)[C@@H](O)[C@@H]1O. The summed E-state index contributed by atoms with van der Waals surface area (Å²) in [7, 11) is 3.13. The molecule has 7 aromatic carbocycles. The third-order valence-electron chi connectivity index (χ3n) is 22.8. The van der Waals surface area contributed by atoms with Gasteiger partial charge in [-0.1, -0.05) is 113 Å². The van der Waals surface area contributed by atoms with Crippen LogP contribution in [0.15, 0.2) is 115 Å². The van der Waals surface area contributed by atoms with E-state index in [1.54, 1.807) is 14.1 Å². The molecule has 34 nitrogen and oxygen atoms in total. The lowest BCUT2D eigenvalue weighted by Crippen LogP contribution is -2.60. The number of phenolic OH excluding ortho intramolecular Hbond substituents is 4. The van der Waals surface area contributed by atoms with Gasteiger partial charge in [-0.3, -0.25) is 38.5 Å². The predicted octanol–water partition coefficient (Wildman–Crippen LogP) is 8.02. The fraction of sp³-hybridized carbons (Fsp3) is 0.420. The Labute approximate surface area is 720 Å². The zero-order valence-electron chi connectivity index (χ0n) is 66.7. The maximum Gasteiger partial charge on any atom is 0.335 e. The molecule has 18 atom stereocenters. The second-order valence-electron chi connectivity index (χ2n) is 32.1. The highest BCUT2D eigenvalue weighted by molar-refractivity contribution is 6.33. The number of carbonyl (C=O) groups is 9. The molecule has 2 fully saturated rings. The van der Waals surface area contributed by atoms with E-state index in [2.05, 4.69) is 35.1 Å². The number of fused-ring (bicyclic) bond motifs is 14. The molecule has 0 saturated carbocycles. The third kappa shape index (κ3) is 19.9. The van der Waals surface area contributed by atoms with Gasteiger partial charge in [-0.2, -0.15) is 0 Å². The predicted molar refractivity (Wildman–Crippen MR) is 439 cm³/mol. The summed E-state index contributed by atoms with van der Waals surface area (Å²) < 4.78 is 44.4. The summed E-state index contributed by atoms with van der Waals surface area (Å²) in [5.41, 5.74) is -2.63. The minimum absolute atomic E-state index is 0.